The van der Waals surface area contributed by atoms with Crippen LogP contribution in [0.3, 0.4) is 0 Å². The van der Waals surface area contributed by atoms with Crippen LogP contribution in [0.25, 0.3) is 0 Å². The maximum Gasteiger partial charge on any atom is 0.322 e. The number of anilines is 2. The second kappa shape index (κ2) is 7.75. The fourth-order valence-corrected chi connectivity index (χ4v) is 3.81. The molecule has 0 radical (unpaired) electrons. The molecule has 2 aromatic rings. The van der Waals surface area contributed by atoms with Gasteiger partial charge >= 0.3 is 6.03 Å². The minimum absolute atomic E-state index is 0.0761. The fourth-order valence-electron chi connectivity index (χ4n) is 3.81. The standard InChI is InChI=1S/C21H27N5O2/c1-14-5-4-6-18(15(14)2)24-21(27)26-8-7-19-17(13-26)20(23-16(3)22-19)25-9-11-28-12-10-25/h4-6H,7-13H2,1-3H3,(H,24,27). The third-order valence-electron chi connectivity index (χ3n) is 5.59. The van der Waals surface area contributed by atoms with Crippen LogP contribution in [0, 0.1) is 20.8 Å². The monoisotopic (exact) mass is 381 g/mol. The number of hydrogen-bond acceptors (Lipinski definition) is 5. The number of amides is 2. The van der Waals surface area contributed by atoms with Gasteiger partial charge in [-0.2, -0.15) is 0 Å². The van der Waals surface area contributed by atoms with Gasteiger partial charge in [0.2, 0.25) is 0 Å². The molecule has 1 aromatic carbocycles. The third-order valence-corrected chi connectivity index (χ3v) is 5.59. The van der Waals surface area contributed by atoms with Crippen molar-refractivity contribution in [3.63, 3.8) is 0 Å². The van der Waals surface area contributed by atoms with Crippen LogP contribution in [0.15, 0.2) is 18.2 Å². The Morgan fingerprint density at radius 3 is 2.68 bits per heavy atom. The highest BCUT2D eigenvalue weighted by Gasteiger charge is 2.28. The molecule has 2 aliphatic heterocycles. The number of morpholine rings is 1. The lowest BCUT2D eigenvalue weighted by atomic mass is 10.1. The summed E-state index contributed by atoms with van der Waals surface area (Å²) in [6.07, 6.45) is 0.746. The molecule has 2 amide bonds. The average Bonchev–Trinajstić information content (AvgIpc) is 2.71. The summed E-state index contributed by atoms with van der Waals surface area (Å²) >= 11 is 0. The van der Waals surface area contributed by atoms with E-state index in [2.05, 4.69) is 28.2 Å². The molecule has 0 aliphatic carbocycles. The number of ether oxygens (including phenoxy) is 1. The van der Waals surface area contributed by atoms with E-state index in [1.165, 1.54) is 5.56 Å². The molecule has 1 fully saturated rings. The summed E-state index contributed by atoms with van der Waals surface area (Å²) in [5.74, 6) is 1.74. The van der Waals surface area contributed by atoms with Crippen molar-refractivity contribution in [3.8, 4) is 0 Å². The number of carbonyl (C=O) groups is 1. The second-order valence-electron chi connectivity index (χ2n) is 7.47. The lowest BCUT2D eigenvalue weighted by Crippen LogP contribution is -2.42. The van der Waals surface area contributed by atoms with Gasteiger partial charge in [-0.15, -0.1) is 0 Å². The lowest BCUT2D eigenvalue weighted by molar-refractivity contribution is 0.122. The van der Waals surface area contributed by atoms with Crippen LogP contribution >= 0.6 is 0 Å². The number of rotatable bonds is 2. The largest absolute Gasteiger partial charge is 0.378 e. The summed E-state index contributed by atoms with van der Waals surface area (Å²) in [5, 5.41) is 3.07. The molecule has 3 heterocycles. The van der Waals surface area contributed by atoms with Crippen molar-refractivity contribution in [1.29, 1.82) is 0 Å². The van der Waals surface area contributed by atoms with E-state index in [1.807, 2.05) is 30.9 Å². The number of nitrogens with zero attached hydrogens (tertiary/aromatic N) is 4. The topological polar surface area (TPSA) is 70.6 Å². The van der Waals surface area contributed by atoms with Crippen LogP contribution in [0.1, 0.15) is 28.2 Å². The molecule has 0 unspecified atom stereocenters. The molecule has 148 valence electrons. The molecule has 28 heavy (non-hydrogen) atoms. The number of benzene rings is 1. The predicted molar refractivity (Wildman–Crippen MR) is 109 cm³/mol. The van der Waals surface area contributed by atoms with Crippen LogP contribution < -0.4 is 10.2 Å². The van der Waals surface area contributed by atoms with Gasteiger partial charge in [0.25, 0.3) is 0 Å². The van der Waals surface area contributed by atoms with E-state index >= 15 is 0 Å². The highest BCUT2D eigenvalue weighted by atomic mass is 16.5. The summed E-state index contributed by atoms with van der Waals surface area (Å²) in [4.78, 5) is 26.4. The number of nitrogens with one attached hydrogen (secondary N) is 1. The number of aromatic nitrogens is 2. The van der Waals surface area contributed by atoms with Crippen molar-refractivity contribution >= 4 is 17.5 Å². The predicted octanol–water partition coefficient (Wildman–Crippen LogP) is 2.83. The number of aryl methyl sites for hydroxylation is 2. The normalized spacial score (nSPS) is 16.7. The van der Waals surface area contributed by atoms with Crippen LogP contribution in [0.2, 0.25) is 0 Å². The zero-order chi connectivity index (χ0) is 19.7. The van der Waals surface area contributed by atoms with E-state index < -0.39 is 0 Å². The molecule has 2 aliphatic rings. The Labute approximate surface area is 165 Å². The van der Waals surface area contributed by atoms with E-state index in [9.17, 15) is 4.79 Å². The Bertz CT molecular complexity index is 893. The molecule has 0 saturated carbocycles. The number of carbonyl (C=O) groups excluding carboxylic acids is 1. The van der Waals surface area contributed by atoms with E-state index in [0.29, 0.717) is 26.3 Å². The summed E-state index contributed by atoms with van der Waals surface area (Å²) in [6, 6.07) is 5.89. The highest BCUT2D eigenvalue weighted by Crippen LogP contribution is 2.28. The Balaban J connectivity index is 1.56. The molecule has 7 nitrogen and oxygen atoms in total. The van der Waals surface area contributed by atoms with Crippen molar-refractivity contribution in [2.24, 2.45) is 0 Å². The summed E-state index contributed by atoms with van der Waals surface area (Å²) in [6.45, 7) is 10.2. The van der Waals surface area contributed by atoms with Crippen molar-refractivity contribution in [2.45, 2.75) is 33.7 Å². The zero-order valence-electron chi connectivity index (χ0n) is 16.8. The first-order valence-electron chi connectivity index (χ1n) is 9.84. The Morgan fingerprint density at radius 1 is 1.11 bits per heavy atom. The van der Waals surface area contributed by atoms with Crippen LogP contribution in [0.5, 0.6) is 0 Å². The molecule has 7 heteroatoms. The maximum absolute atomic E-state index is 12.9. The maximum atomic E-state index is 12.9. The molecule has 4 rings (SSSR count). The first kappa shape index (κ1) is 18.7. The fraction of sp³-hybridized carbons (Fsp3) is 0.476. The molecular formula is C21H27N5O2. The quantitative estimate of drug-likeness (QED) is 0.866. The first-order chi connectivity index (χ1) is 13.5. The zero-order valence-corrected chi connectivity index (χ0v) is 16.8. The SMILES string of the molecule is Cc1nc2c(c(N3CCOCC3)n1)CN(C(=O)Nc1cccc(C)c1C)CC2. The van der Waals surface area contributed by atoms with Gasteiger partial charge in [-0.1, -0.05) is 12.1 Å². The molecule has 0 bridgehead atoms. The van der Waals surface area contributed by atoms with Gasteiger partial charge in [0.05, 0.1) is 25.5 Å². The van der Waals surface area contributed by atoms with Crippen molar-refractivity contribution in [3.05, 3.63) is 46.4 Å². The molecule has 1 saturated heterocycles. The summed E-state index contributed by atoms with van der Waals surface area (Å²) in [7, 11) is 0. The van der Waals surface area contributed by atoms with E-state index in [4.69, 9.17) is 9.72 Å². The molecule has 0 atom stereocenters. The lowest BCUT2D eigenvalue weighted by Gasteiger charge is -2.34. The van der Waals surface area contributed by atoms with Gasteiger partial charge in [0.1, 0.15) is 11.6 Å². The molecular weight excluding hydrogens is 354 g/mol. The Morgan fingerprint density at radius 2 is 1.89 bits per heavy atom. The van der Waals surface area contributed by atoms with Crippen LogP contribution in [-0.4, -0.2) is 53.7 Å². The Hall–Kier alpha value is -2.67. The average molecular weight is 381 g/mol. The molecule has 1 aromatic heterocycles. The van der Waals surface area contributed by atoms with Gasteiger partial charge in [0, 0.05) is 37.3 Å². The van der Waals surface area contributed by atoms with E-state index in [1.54, 1.807) is 0 Å². The van der Waals surface area contributed by atoms with Crippen molar-refractivity contribution < 1.29 is 9.53 Å². The van der Waals surface area contributed by atoms with Gasteiger partial charge in [0.15, 0.2) is 0 Å². The molecule has 1 N–H and O–H groups in total. The third kappa shape index (κ3) is 3.67. The minimum atomic E-state index is -0.0761. The van der Waals surface area contributed by atoms with Gasteiger partial charge in [-0.25, -0.2) is 14.8 Å². The smallest absolute Gasteiger partial charge is 0.322 e. The summed E-state index contributed by atoms with van der Waals surface area (Å²) in [5.41, 5.74) is 5.26. The first-order valence-corrected chi connectivity index (χ1v) is 9.84. The van der Waals surface area contributed by atoms with Crippen LogP contribution in [-0.2, 0) is 17.7 Å². The Kier molecular flexibility index (Phi) is 5.17. The summed E-state index contributed by atoms with van der Waals surface area (Å²) < 4.78 is 5.48. The van der Waals surface area contributed by atoms with E-state index in [-0.39, 0.29) is 6.03 Å². The number of urea groups is 1. The van der Waals surface area contributed by atoms with Crippen molar-refractivity contribution in [1.82, 2.24) is 14.9 Å². The van der Waals surface area contributed by atoms with Gasteiger partial charge < -0.3 is 19.9 Å². The van der Waals surface area contributed by atoms with E-state index in [0.717, 1.165) is 53.7 Å². The second-order valence-corrected chi connectivity index (χ2v) is 7.47. The minimum Gasteiger partial charge on any atom is -0.378 e. The number of fused-ring (bicyclic) bond motifs is 1. The highest BCUT2D eigenvalue weighted by molar-refractivity contribution is 5.90. The van der Waals surface area contributed by atoms with Crippen molar-refractivity contribution in [2.75, 3.05) is 43.1 Å². The number of hydrogen-bond donors (Lipinski definition) is 1. The van der Waals surface area contributed by atoms with Gasteiger partial charge in [-0.3, -0.25) is 0 Å². The van der Waals surface area contributed by atoms with Gasteiger partial charge in [-0.05, 0) is 38.0 Å². The molecule has 0 spiro atoms. The van der Waals surface area contributed by atoms with Crippen LogP contribution in [0.4, 0.5) is 16.3 Å².